The molecule has 3 aromatic rings. The smallest absolute Gasteiger partial charge is 0.271 e. The number of nitrogens with one attached hydrogen (secondary N) is 2. The lowest BCUT2D eigenvalue weighted by molar-refractivity contribution is 0.0955. The lowest BCUT2D eigenvalue weighted by Gasteiger charge is -2.00. The van der Waals surface area contributed by atoms with Gasteiger partial charge in [-0.05, 0) is 32.0 Å². The van der Waals surface area contributed by atoms with Crippen molar-refractivity contribution < 1.29 is 4.79 Å². The van der Waals surface area contributed by atoms with Gasteiger partial charge in [-0.25, -0.2) is 5.43 Å². The molecule has 0 aliphatic rings. The van der Waals surface area contributed by atoms with E-state index in [1.54, 1.807) is 18.3 Å². The summed E-state index contributed by atoms with van der Waals surface area (Å²) in [6, 6.07) is 15.4. The average molecular weight is 291 g/mol. The molecule has 1 amide bonds. The minimum Gasteiger partial charge on any atom is -0.358 e. The van der Waals surface area contributed by atoms with Crippen molar-refractivity contribution in [1.82, 2.24) is 10.4 Å². The Kier molecular flexibility index (Phi) is 3.74. The van der Waals surface area contributed by atoms with E-state index in [4.69, 9.17) is 0 Å². The van der Waals surface area contributed by atoms with Crippen molar-refractivity contribution in [1.29, 1.82) is 0 Å². The fraction of sp³-hybridized carbons (Fsp3) is 0.111. The monoisotopic (exact) mass is 291 g/mol. The lowest BCUT2D eigenvalue weighted by Crippen LogP contribution is -2.17. The summed E-state index contributed by atoms with van der Waals surface area (Å²) in [5.74, 6) is -0.214. The third kappa shape index (κ3) is 2.76. The fourth-order valence-corrected chi connectivity index (χ4v) is 2.39. The van der Waals surface area contributed by atoms with Crippen molar-refractivity contribution in [3.63, 3.8) is 0 Å². The van der Waals surface area contributed by atoms with Gasteiger partial charge in [0.15, 0.2) is 0 Å². The number of carbonyl (C=O) groups excluding carboxylic acids is 1. The van der Waals surface area contributed by atoms with Crippen molar-refractivity contribution in [3.05, 3.63) is 70.9 Å². The molecule has 0 aliphatic heterocycles. The van der Waals surface area contributed by atoms with Crippen molar-refractivity contribution in [2.24, 2.45) is 5.10 Å². The molecule has 1 aromatic heterocycles. The molecule has 3 rings (SSSR count). The largest absolute Gasteiger partial charge is 0.358 e. The number of benzene rings is 2. The van der Waals surface area contributed by atoms with Crippen molar-refractivity contribution >= 4 is 23.0 Å². The highest BCUT2D eigenvalue weighted by Crippen LogP contribution is 2.19. The van der Waals surface area contributed by atoms with E-state index in [0.717, 1.165) is 27.7 Å². The van der Waals surface area contributed by atoms with Crippen molar-refractivity contribution in [2.75, 3.05) is 0 Å². The number of para-hydroxylation sites is 1. The average Bonchev–Trinajstić information content (AvgIpc) is 2.84. The predicted molar refractivity (Wildman–Crippen MR) is 89.3 cm³/mol. The molecule has 4 heteroatoms. The van der Waals surface area contributed by atoms with Crippen LogP contribution in [0.5, 0.6) is 0 Å². The number of H-pyrrole nitrogens is 1. The number of hydrogen-bond acceptors (Lipinski definition) is 2. The SMILES string of the molecule is Cc1ccc(C(=O)N/N=C\c2c(C)[nH]c3ccccc23)cc1. The Bertz CT molecular complexity index is 844. The van der Waals surface area contributed by atoms with E-state index in [2.05, 4.69) is 15.5 Å². The van der Waals surface area contributed by atoms with Crippen LogP contribution in [-0.2, 0) is 0 Å². The minimum absolute atomic E-state index is 0.214. The van der Waals surface area contributed by atoms with Gasteiger partial charge in [-0.15, -0.1) is 0 Å². The van der Waals surface area contributed by atoms with E-state index in [0.29, 0.717) is 5.56 Å². The van der Waals surface area contributed by atoms with Gasteiger partial charge in [0.2, 0.25) is 0 Å². The van der Waals surface area contributed by atoms with Crippen LogP contribution in [0.15, 0.2) is 53.6 Å². The molecule has 0 atom stereocenters. The van der Waals surface area contributed by atoms with Gasteiger partial charge in [-0.3, -0.25) is 4.79 Å². The first-order chi connectivity index (χ1) is 10.6. The van der Waals surface area contributed by atoms with Crippen LogP contribution >= 0.6 is 0 Å². The van der Waals surface area contributed by atoms with Gasteiger partial charge in [-0.1, -0.05) is 35.9 Å². The Morgan fingerprint density at radius 1 is 1.09 bits per heavy atom. The number of aromatic nitrogens is 1. The zero-order chi connectivity index (χ0) is 15.5. The third-order valence-corrected chi connectivity index (χ3v) is 3.62. The van der Waals surface area contributed by atoms with E-state index in [9.17, 15) is 4.79 Å². The Morgan fingerprint density at radius 2 is 1.82 bits per heavy atom. The summed E-state index contributed by atoms with van der Waals surface area (Å²) in [4.78, 5) is 15.3. The van der Waals surface area contributed by atoms with E-state index < -0.39 is 0 Å². The number of carbonyl (C=O) groups is 1. The molecule has 110 valence electrons. The van der Waals surface area contributed by atoms with Gasteiger partial charge in [0.25, 0.3) is 5.91 Å². The summed E-state index contributed by atoms with van der Waals surface area (Å²) in [5.41, 5.74) is 7.35. The second-order valence-corrected chi connectivity index (χ2v) is 5.27. The molecule has 1 heterocycles. The molecular formula is C18H17N3O. The normalized spacial score (nSPS) is 11.2. The summed E-state index contributed by atoms with van der Waals surface area (Å²) in [6.45, 7) is 3.97. The highest BCUT2D eigenvalue weighted by Gasteiger charge is 2.06. The van der Waals surface area contributed by atoms with Crippen LogP contribution in [0.25, 0.3) is 10.9 Å². The van der Waals surface area contributed by atoms with Crippen LogP contribution in [0.3, 0.4) is 0 Å². The molecule has 2 aromatic carbocycles. The molecule has 4 nitrogen and oxygen atoms in total. The van der Waals surface area contributed by atoms with Gasteiger partial charge in [-0.2, -0.15) is 5.10 Å². The van der Waals surface area contributed by atoms with E-state index in [-0.39, 0.29) is 5.91 Å². The number of nitrogens with zero attached hydrogens (tertiary/aromatic N) is 1. The second kappa shape index (κ2) is 5.85. The molecule has 0 saturated carbocycles. The number of aryl methyl sites for hydroxylation is 2. The number of amides is 1. The summed E-state index contributed by atoms with van der Waals surface area (Å²) < 4.78 is 0. The first kappa shape index (κ1) is 14.1. The fourth-order valence-electron chi connectivity index (χ4n) is 2.39. The van der Waals surface area contributed by atoms with E-state index in [1.165, 1.54) is 0 Å². The lowest BCUT2D eigenvalue weighted by atomic mass is 10.1. The molecule has 0 bridgehead atoms. The van der Waals surface area contributed by atoms with E-state index >= 15 is 0 Å². The molecule has 0 radical (unpaired) electrons. The van der Waals surface area contributed by atoms with Crippen LogP contribution in [0.1, 0.15) is 27.2 Å². The Balaban J connectivity index is 1.77. The van der Waals surface area contributed by atoms with Gasteiger partial charge in [0, 0.05) is 27.7 Å². The summed E-state index contributed by atoms with van der Waals surface area (Å²) in [7, 11) is 0. The molecule has 0 spiro atoms. The topological polar surface area (TPSA) is 57.2 Å². The van der Waals surface area contributed by atoms with Crippen LogP contribution in [-0.4, -0.2) is 17.1 Å². The maximum atomic E-state index is 12.0. The van der Waals surface area contributed by atoms with Gasteiger partial charge < -0.3 is 4.98 Å². The molecule has 0 saturated heterocycles. The maximum absolute atomic E-state index is 12.0. The first-order valence-electron chi connectivity index (χ1n) is 7.12. The van der Waals surface area contributed by atoms with E-state index in [1.807, 2.05) is 50.2 Å². The van der Waals surface area contributed by atoms with Crippen molar-refractivity contribution in [2.45, 2.75) is 13.8 Å². The van der Waals surface area contributed by atoms with Crippen LogP contribution in [0, 0.1) is 13.8 Å². The quantitative estimate of drug-likeness (QED) is 0.562. The third-order valence-electron chi connectivity index (χ3n) is 3.62. The molecule has 2 N–H and O–H groups in total. The molecule has 22 heavy (non-hydrogen) atoms. The second-order valence-electron chi connectivity index (χ2n) is 5.27. The number of rotatable bonds is 3. The van der Waals surface area contributed by atoms with Gasteiger partial charge in [0.1, 0.15) is 0 Å². The number of aromatic amines is 1. The Morgan fingerprint density at radius 3 is 2.59 bits per heavy atom. The van der Waals surface area contributed by atoms with Gasteiger partial charge >= 0.3 is 0 Å². The predicted octanol–water partition coefficient (Wildman–Crippen LogP) is 3.55. The summed E-state index contributed by atoms with van der Waals surface area (Å²) in [6.07, 6.45) is 1.68. The van der Waals surface area contributed by atoms with Crippen LogP contribution in [0.4, 0.5) is 0 Å². The molecule has 0 unspecified atom stereocenters. The van der Waals surface area contributed by atoms with Gasteiger partial charge in [0.05, 0.1) is 6.21 Å². The summed E-state index contributed by atoms with van der Waals surface area (Å²) >= 11 is 0. The molecule has 0 aliphatic carbocycles. The van der Waals surface area contributed by atoms with Crippen LogP contribution in [0.2, 0.25) is 0 Å². The number of fused-ring (bicyclic) bond motifs is 1. The first-order valence-corrected chi connectivity index (χ1v) is 7.12. The standard InChI is InChI=1S/C18H17N3O/c1-12-7-9-14(10-8-12)18(22)21-19-11-16-13(2)20-17-6-4-3-5-15(16)17/h3-11,20H,1-2H3,(H,21,22)/b19-11-. The Hall–Kier alpha value is -2.88. The zero-order valence-corrected chi connectivity index (χ0v) is 12.6. The molecular weight excluding hydrogens is 274 g/mol. The summed E-state index contributed by atoms with van der Waals surface area (Å²) in [5, 5.41) is 5.17. The van der Waals surface area contributed by atoms with Crippen LogP contribution < -0.4 is 5.43 Å². The number of hydrogen-bond donors (Lipinski definition) is 2. The highest BCUT2D eigenvalue weighted by molar-refractivity contribution is 6.01. The zero-order valence-electron chi connectivity index (χ0n) is 12.6. The van der Waals surface area contributed by atoms with Crippen molar-refractivity contribution in [3.8, 4) is 0 Å². The maximum Gasteiger partial charge on any atom is 0.271 e. The highest BCUT2D eigenvalue weighted by atomic mass is 16.2. The Labute approximate surface area is 128 Å². The molecule has 0 fully saturated rings. The number of hydrazone groups is 1. The minimum atomic E-state index is -0.214.